The van der Waals surface area contributed by atoms with Gasteiger partial charge < -0.3 is 9.88 Å². The molecule has 0 amide bonds. The lowest BCUT2D eigenvalue weighted by Crippen LogP contribution is -2.14. The van der Waals surface area contributed by atoms with Gasteiger partial charge in [-0.2, -0.15) is 0 Å². The molecule has 20 heavy (non-hydrogen) atoms. The quantitative estimate of drug-likeness (QED) is 0.850. The van der Waals surface area contributed by atoms with E-state index in [4.69, 9.17) is 0 Å². The third-order valence-electron chi connectivity index (χ3n) is 3.84. The summed E-state index contributed by atoms with van der Waals surface area (Å²) >= 11 is 3.37. The molecule has 1 heterocycles. The summed E-state index contributed by atoms with van der Waals surface area (Å²) < 4.78 is 16.7. The molecule has 1 aliphatic carbocycles. The SMILES string of the molecule is Fc1cccc(Br)c1Nc1nccn1C1CCCCC1. The van der Waals surface area contributed by atoms with Gasteiger partial charge >= 0.3 is 0 Å². The van der Waals surface area contributed by atoms with Crippen molar-refractivity contribution in [3.8, 4) is 0 Å². The normalized spacial score (nSPS) is 16.3. The molecule has 1 aliphatic rings. The third kappa shape index (κ3) is 2.73. The number of hydrogen-bond donors (Lipinski definition) is 1. The molecular weight excluding hydrogens is 321 g/mol. The van der Waals surface area contributed by atoms with Crippen LogP contribution < -0.4 is 5.32 Å². The predicted molar refractivity (Wildman–Crippen MR) is 81.7 cm³/mol. The largest absolute Gasteiger partial charge is 0.322 e. The number of imidazole rings is 1. The number of aromatic nitrogens is 2. The molecule has 2 aromatic rings. The molecule has 1 aromatic carbocycles. The lowest BCUT2D eigenvalue weighted by Gasteiger charge is -2.25. The van der Waals surface area contributed by atoms with Crippen molar-refractivity contribution in [2.24, 2.45) is 0 Å². The topological polar surface area (TPSA) is 29.9 Å². The summed E-state index contributed by atoms with van der Waals surface area (Å²) in [4.78, 5) is 4.33. The summed E-state index contributed by atoms with van der Waals surface area (Å²) in [6.45, 7) is 0. The van der Waals surface area contributed by atoms with E-state index in [0.717, 1.165) is 0 Å². The highest BCUT2D eigenvalue weighted by molar-refractivity contribution is 9.10. The second kappa shape index (κ2) is 5.95. The molecule has 0 unspecified atom stereocenters. The van der Waals surface area contributed by atoms with E-state index >= 15 is 0 Å². The molecule has 106 valence electrons. The number of nitrogens with zero attached hydrogens (tertiary/aromatic N) is 2. The molecule has 1 saturated carbocycles. The van der Waals surface area contributed by atoms with Gasteiger partial charge in [0, 0.05) is 22.9 Å². The van der Waals surface area contributed by atoms with Crippen molar-refractivity contribution < 1.29 is 4.39 Å². The fourth-order valence-electron chi connectivity index (χ4n) is 2.79. The summed E-state index contributed by atoms with van der Waals surface area (Å²) in [5.41, 5.74) is 0.441. The van der Waals surface area contributed by atoms with Crippen LogP contribution >= 0.6 is 15.9 Å². The van der Waals surface area contributed by atoms with E-state index in [1.165, 1.54) is 38.2 Å². The second-order valence-electron chi connectivity index (χ2n) is 5.17. The van der Waals surface area contributed by atoms with Gasteiger partial charge in [0.1, 0.15) is 5.82 Å². The molecule has 0 spiro atoms. The van der Waals surface area contributed by atoms with Crippen LogP contribution in [0, 0.1) is 5.82 Å². The number of para-hydroxylation sites is 1. The minimum atomic E-state index is -0.280. The fourth-order valence-corrected chi connectivity index (χ4v) is 3.23. The Hall–Kier alpha value is -1.36. The maximum absolute atomic E-state index is 13.9. The van der Waals surface area contributed by atoms with Gasteiger partial charge in [-0.25, -0.2) is 9.37 Å². The Kier molecular flexibility index (Phi) is 4.05. The van der Waals surface area contributed by atoms with Crippen LogP contribution in [0.5, 0.6) is 0 Å². The van der Waals surface area contributed by atoms with Crippen molar-refractivity contribution in [1.82, 2.24) is 9.55 Å². The molecule has 3 nitrogen and oxygen atoms in total. The zero-order chi connectivity index (χ0) is 13.9. The fraction of sp³-hybridized carbons (Fsp3) is 0.400. The molecule has 0 atom stereocenters. The Labute approximate surface area is 126 Å². The molecule has 0 radical (unpaired) electrons. The Balaban J connectivity index is 1.86. The van der Waals surface area contributed by atoms with Crippen LogP contribution in [-0.2, 0) is 0 Å². The molecule has 1 aromatic heterocycles. The standard InChI is InChI=1S/C15H17BrFN3/c16-12-7-4-8-13(17)14(12)19-15-18-9-10-20(15)11-5-2-1-3-6-11/h4,7-11H,1-3,5-6H2,(H,18,19). The number of nitrogens with one attached hydrogen (secondary N) is 1. The number of hydrogen-bond acceptors (Lipinski definition) is 2. The first-order valence-electron chi connectivity index (χ1n) is 6.99. The van der Waals surface area contributed by atoms with E-state index in [-0.39, 0.29) is 5.82 Å². The summed E-state index contributed by atoms with van der Waals surface area (Å²) in [5.74, 6) is 0.431. The third-order valence-corrected chi connectivity index (χ3v) is 4.50. The molecule has 0 bridgehead atoms. The Morgan fingerprint density at radius 3 is 2.80 bits per heavy atom. The van der Waals surface area contributed by atoms with Gasteiger partial charge in [0.15, 0.2) is 0 Å². The van der Waals surface area contributed by atoms with Crippen molar-refractivity contribution in [2.45, 2.75) is 38.1 Å². The van der Waals surface area contributed by atoms with Crippen molar-refractivity contribution in [3.05, 3.63) is 40.9 Å². The minimum absolute atomic E-state index is 0.280. The Morgan fingerprint density at radius 1 is 1.25 bits per heavy atom. The lowest BCUT2D eigenvalue weighted by molar-refractivity contribution is 0.356. The maximum atomic E-state index is 13.9. The van der Waals surface area contributed by atoms with Gasteiger partial charge in [-0.15, -0.1) is 0 Å². The molecule has 1 fully saturated rings. The summed E-state index contributed by atoms with van der Waals surface area (Å²) in [6.07, 6.45) is 9.91. The van der Waals surface area contributed by atoms with E-state index in [1.54, 1.807) is 12.3 Å². The first-order valence-corrected chi connectivity index (χ1v) is 7.79. The Morgan fingerprint density at radius 2 is 2.05 bits per heavy atom. The molecule has 3 rings (SSSR count). The van der Waals surface area contributed by atoms with Crippen LogP contribution in [0.3, 0.4) is 0 Å². The van der Waals surface area contributed by atoms with Gasteiger partial charge in [0.05, 0.1) is 5.69 Å². The monoisotopic (exact) mass is 337 g/mol. The first kappa shape index (κ1) is 13.6. The number of rotatable bonds is 3. The van der Waals surface area contributed by atoms with Gasteiger partial charge in [0.2, 0.25) is 5.95 Å². The highest BCUT2D eigenvalue weighted by Gasteiger charge is 2.18. The summed E-state index contributed by atoms with van der Waals surface area (Å²) in [6, 6.07) is 5.41. The van der Waals surface area contributed by atoms with Gasteiger partial charge in [-0.3, -0.25) is 0 Å². The van der Waals surface area contributed by atoms with Crippen LogP contribution in [0.15, 0.2) is 35.1 Å². The van der Waals surface area contributed by atoms with Crippen LogP contribution in [0.2, 0.25) is 0 Å². The average molecular weight is 338 g/mol. The smallest absolute Gasteiger partial charge is 0.207 e. The van der Waals surface area contributed by atoms with Crippen molar-refractivity contribution in [1.29, 1.82) is 0 Å². The number of benzene rings is 1. The highest BCUT2D eigenvalue weighted by atomic mass is 79.9. The maximum Gasteiger partial charge on any atom is 0.207 e. The van der Waals surface area contributed by atoms with Crippen LogP contribution in [0.25, 0.3) is 0 Å². The van der Waals surface area contributed by atoms with E-state index < -0.39 is 0 Å². The van der Waals surface area contributed by atoms with Crippen LogP contribution in [-0.4, -0.2) is 9.55 Å². The molecule has 0 aliphatic heterocycles. The number of halogens is 2. The van der Waals surface area contributed by atoms with Crippen LogP contribution in [0.4, 0.5) is 16.0 Å². The van der Waals surface area contributed by atoms with Gasteiger partial charge in [-0.05, 0) is 40.9 Å². The van der Waals surface area contributed by atoms with Crippen LogP contribution in [0.1, 0.15) is 38.1 Å². The van der Waals surface area contributed by atoms with Gasteiger partial charge in [0.25, 0.3) is 0 Å². The average Bonchev–Trinajstić information content (AvgIpc) is 2.92. The lowest BCUT2D eigenvalue weighted by atomic mass is 9.95. The minimum Gasteiger partial charge on any atom is -0.322 e. The van der Waals surface area contributed by atoms with E-state index in [1.807, 2.05) is 12.3 Å². The second-order valence-corrected chi connectivity index (χ2v) is 6.03. The molecule has 1 N–H and O–H groups in total. The van der Waals surface area contributed by atoms with E-state index in [2.05, 4.69) is 30.8 Å². The highest BCUT2D eigenvalue weighted by Crippen LogP contribution is 2.33. The first-order chi connectivity index (χ1) is 9.75. The summed E-state index contributed by atoms with van der Waals surface area (Å²) in [7, 11) is 0. The van der Waals surface area contributed by atoms with E-state index in [9.17, 15) is 4.39 Å². The number of anilines is 2. The Bertz CT molecular complexity index is 570. The van der Waals surface area contributed by atoms with Crippen molar-refractivity contribution in [2.75, 3.05) is 5.32 Å². The summed E-state index contributed by atoms with van der Waals surface area (Å²) in [5, 5.41) is 3.12. The molecular formula is C15H17BrFN3. The zero-order valence-electron chi connectivity index (χ0n) is 11.1. The van der Waals surface area contributed by atoms with Crippen molar-refractivity contribution >= 4 is 27.6 Å². The zero-order valence-corrected chi connectivity index (χ0v) is 12.7. The van der Waals surface area contributed by atoms with E-state index in [0.29, 0.717) is 22.2 Å². The predicted octanol–water partition coefficient (Wildman–Crippen LogP) is 5.03. The van der Waals surface area contributed by atoms with Crippen molar-refractivity contribution in [3.63, 3.8) is 0 Å². The van der Waals surface area contributed by atoms with Gasteiger partial charge in [-0.1, -0.05) is 25.3 Å². The molecule has 5 heteroatoms. The molecule has 0 saturated heterocycles.